The first-order valence-corrected chi connectivity index (χ1v) is 9.73. The van der Waals surface area contributed by atoms with E-state index in [4.69, 9.17) is 0 Å². The number of nitrogens with one attached hydrogen (secondary N) is 1. The van der Waals surface area contributed by atoms with Gasteiger partial charge in [0.2, 0.25) is 0 Å². The highest BCUT2D eigenvalue weighted by atomic mass is 15.0. The van der Waals surface area contributed by atoms with Crippen molar-refractivity contribution in [1.29, 1.82) is 5.26 Å². The van der Waals surface area contributed by atoms with Crippen LogP contribution in [0.5, 0.6) is 0 Å². The fraction of sp³-hybridized carbons (Fsp3) is 0.0741. The van der Waals surface area contributed by atoms with Gasteiger partial charge in [-0.05, 0) is 22.3 Å². The number of hydrogen-bond donors (Lipinski definition) is 1. The Bertz CT molecular complexity index is 972. The minimum atomic E-state index is -0.667. The average Bonchev–Trinajstić information content (AvgIpc) is 2.82. The summed E-state index contributed by atoms with van der Waals surface area (Å²) in [5.74, 6) is 0. The van der Waals surface area contributed by atoms with Crippen LogP contribution >= 0.6 is 0 Å². The minimum Gasteiger partial charge on any atom is -0.281 e. The van der Waals surface area contributed by atoms with E-state index in [0.29, 0.717) is 0 Å². The summed E-state index contributed by atoms with van der Waals surface area (Å²) in [5, 5.41) is 13.8. The Kier molecular flexibility index (Phi) is 5.52. The van der Waals surface area contributed by atoms with Crippen molar-refractivity contribution in [2.45, 2.75) is 11.6 Å². The third kappa shape index (κ3) is 3.69. The lowest BCUT2D eigenvalue weighted by atomic mass is 9.76. The Labute approximate surface area is 172 Å². The van der Waals surface area contributed by atoms with E-state index in [1.807, 2.05) is 84.9 Å². The molecule has 0 aliphatic heterocycles. The highest BCUT2D eigenvalue weighted by Gasteiger charge is 2.38. The van der Waals surface area contributed by atoms with E-state index in [2.05, 4.69) is 47.8 Å². The van der Waals surface area contributed by atoms with Crippen LogP contribution in [0.15, 0.2) is 121 Å². The number of nitriles is 1. The fourth-order valence-corrected chi connectivity index (χ4v) is 3.87. The van der Waals surface area contributed by atoms with Gasteiger partial charge in [-0.15, -0.1) is 0 Å². The maximum atomic E-state index is 10.1. The third-order valence-corrected chi connectivity index (χ3v) is 5.24. The summed E-state index contributed by atoms with van der Waals surface area (Å²) in [6, 6.07) is 42.9. The van der Waals surface area contributed by atoms with Crippen molar-refractivity contribution in [3.05, 3.63) is 144 Å². The molecule has 4 aromatic rings. The Morgan fingerprint density at radius 1 is 0.552 bits per heavy atom. The lowest BCUT2D eigenvalue weighted by Crippen LogP contribution is -2.46. The van der Waals surface area contributed by atoms with Crippen LogP contribution < -0.4 is 5.32 Å². The van der Waals surface area contributed by atoms with Gasteiger partial charge in [-0.3, -0.25) is 5.32 Å². The van der Waals surface area contributed by atoms with Crippen LogP contribution in [0.25, 0.3) is 0 Å². The van der Waals surface area contributed by atoms with E-state index in [1.54, 1.807) is 0 Å². The van der Waals surface area contributed by atoms with Crippen LogP contribution in [-0.4, -0.2) is 0 Å². The van der Waals surface area contributed by atoms with Gasteiger partial charge >= 0.3 is 0 Å². The lowest BCUT2D eigenvalue weighted by Gasteiger charge is -2.38. The SMILES string of the molecule is N#C[C@H](NC(c1ccccc1)(c1ccccc1)c1ccccc1)c1ccccc1. The molecule has 2 nitrogen and oxygen atoms in total. The van der Waals surface area contributed by atoms with Crippen molar-refractivity contribution in [3.63, 3.8) is 0 Å². The molecule has 0 aromatic heterocycles. The molecule has 0 aliphatic carbocycles. The zero-order valence-electron chi connectivity index (χ0n) is 16.1. The summed E-state index contributed by atoms with van der Waals surface area (Å²) in [6.45, 7) is 0. The number of benzene rings is 4. The van der Waals surface area contributed by atoms with Crippen LogP contribution in [0.4, 0.5) is 0 Å². The molecular formula is C27H22N2. The van der Waals surface area contributed by atoms with Crippen molar-refractivity contribution < 1.29 is 0 Å². The van der Waals surface area contributed by atoms with Crippen molar-refractivity contribution in [1.82, 2.24) is 5.32 Å². The van der Waals surface area contributed by atoms with Crippen molar-refractivity contribution in [2.24, 2.45) is 0 Å². The van der Waals surface area contributed by atoms with E-state index in [0.717, 1.165) is 22.3 Å². The van der Waals surface area contributed by atoms with Crippen LogP contribution in [0, 0.1) is 11.3 Å². The van der Waals surface area contributed by atoms with Crippen LogP contribution in [0.3, 0.4) is 0 Å². The van der Waals surface area contributed by atoms with Gasteiger partial charge in [0.15, 0.2) is 0 Å². The first-order valence-electron chi connectivity index (χ1n) is 9.73. The summed E-state index contributed by atoms with van der Waals surface area (Å²) in [4.78, 5) is 0. The second-order valence-electron chi connectivity index (χ2n) is 6.97. The summed E-state index contributed by atoms with van der Waals surface area (Å²) < 4.78 is 0. The molecule has 0 saturated carbocycles. The molecule has 0 aliphatic rings. The van der Waals surface area contributed by atoms with Crippen molar-refractivity contribution in [3.8, 4) is 6.07 Å². The predicted octanol–water partition coefficient (Wildman–Crippen LogP) is 5.83. The van der Waals surface area contributed by atoms with Gasteiger partial charge in [0.05, 0.1) is 11.6 Å². The van der Waals surface area contributed by atoms with Gasteiger partial charge in [-0.1, -0.05) is 121 Å². The van der Waals surface area contributed by atoms with E-state index in [-0.39, 0.29) is 0 Å². The lowest BCUT2D eigenvalue weighted by molar-refractivity contribution is 0.442. The predicted molar refractivity (Wildman–Crippen MR) is 117 cm³/mol. The highest BCUT2D eigenvalue weighted by molar-refractivity contribution is 5.50. The number of nitrogens with zero attached hydrogens (tertiary/aromatic N) is 1. The molecule has 0 radical (unpaired) electrons. The van der Waals surface area contributed by atoms with Gasteiger partial charge in [0.25, 0.3) is 0 Å². The van der Waals surface area contributed by atoms with Crippen molar-refractivity contribution in [2.75, 3.05) is 0 Å². The molecule has 0 heterocycles. The van der Waals surface area contributed by atoms with Crippen molar-refractivity contribution >= 4 is 0 Å². The summed E-state index contributed by atoms with van der Waals surface area (Å²) in [7, 11) is 0. The summed E-state index contributed by atoms with van der Waals surface area (Å²) in [6.07, 6.45) is 0. The van der Waals surface area contributed by atoms with Gasteiger partial charge in [0, 0.05) is 0 Å². The standard InChI is InChI=1S/C27H22N2/c28-21-26(22-13-5-1-6-14-22)29-27(23-15-7-2-8-16-23,24-17-9-3-10-18-24)25-19-11-4-12-20-25/h1-20,26,29H/t26-/m0/s1. The van der Waals surface area contributed by atoms with Crippen LogP contribution in [0.1, 0.15) is 28.3 Å². The summed E-state index contributed by atoms with van der Waals surface area (Å²) >= 11 is 0. The number of rotatable bonds is 6. The topological polar surface area (TPSA) is 35.8 Å². The molecule has 0 fully saturated rings. The molecule has 4 aromatic carbocycles. The van der Waals surface area contributed by atoms with Gasteiger partial charge in [-0.2, -0.15) is 5.26 Å². The Balaban J connectivity index is 1.97. The molecule has 0 saturated heterocycles. The normalized spacial score (nSPS) is 12.1. The molecule has 2 heteroatoms. The van der Waals surface area contributed by atoms with Gasteiger partial charge in [-0.25, -0.2) is 0 Å². The minimum absolute atomic E-state index is 0.475. The van der Waals surface area contributed by atoms with Gasteiger partial charge < -0.3 is 0 Å². The smallest absolute Gasteiger partial charge is 0.122 e. The first-order chi connectivity index (χ1) is 14.3. The largest absolute Gasteiger partial charge is 0.281 e. The first kappa shape index (κ1) is 18.7. The Hall–Kier alpha value is -3.67. The fourth-order valence-electron chi connectivity index (χ4n) is 3.87. The van der Waals surface area contributed by atoms with E-state index in [9.17, 15) is 5.26 Å². The second-order valence-corrected chi connectivity index (χ2v) is 6.97. The molecule has 29 heavy (non-hydrogen) atoms. The third-order valence-electron chi connectivity index (χ3n) is 5.24. The monoisotopic (exact) mass is 374 g/mol. The molecule has 1 N–H and O–H groups in total. The Morgan fingerprint density at radius 3 is 1.24 bits per heavy atom. The molecule has 0 bridgehead atoms. The second kappa shape index (κ2) is 8.56. The molecular weight excluding hydrogens is 352 g/mol. The summed E-state index contributed by atoms with van der Waals surface area (Å²) in [5.41, 5.74) is 3.55. The maximum absolute atomic E-state index is 10.1. The average molecular weight is 374 g/mol. The van der Waals surface area contributed by atoms with E-state index in [1.165, 1.54) is 0 Å². The van der Waals surface area contributed by atoms with Gasteiger partial charge in [0.1, 0.15) is 6.04 Å². The van der Waals surface area contributed by atoms with Crippen LogP contribution in [-0.2, 0) is 5.54 Å². The van der Waals surface area contributed by atoms with E-state index >= 15 is 0 Å². The zero-order chi connectivity index (χ0) is 19.9. The quantitative estimate of drug-likeness (QED) is 0.431. The van der Waals surface area contributed by atoms with Crippen LogP contribution in [0.2, 0.25) is 0 Å². The molecule has 140 valence electrons. The highest BCUT2D eigenvalue weighted by Crippen LogP contribution is 2.38. The molecule has 1 atom stereocenters. The molecule has 0 spiro atoms. The maximum Gasteiger partial charge on any atom is 0.122 e. The molecule has 4 rings (SSSR count). The van der Waals surface area contributed by atoms with E-state index < -0.39 is 11.6 Å². The molecule has 0 unspecified atom stereocenters. The number of hydrogen-bond acceptors (Lipinski definition) is 2. The molecule has 0 amide bonds. The Morgan fingerprint density at radius 2 is 0.897 bits per heavy atom. The zero-order valence-corrected chi connectivity index (χ0v) is 16.1.